The van der Waals surface area contributed by atoms with E-state index in [1.807, 2.05) is 18.2 Å². The summed E-state index contributed by atoms with van der Waals surface area (Å²) < 4.78 is 0. The van der Waals surface area contributed by atoms with Crippen molar-refractivity contribution in [3.8, 4) is 0 Å². The Bertz CT molecular complexity index is 494. The highest BCUT2D eigenvalue weighted by molar-refractivity contribution is 5.98. The third-order valence-corrected chi connectivity index (χ3v) is 2.15. The second-order valence-corrected chi connectivity index (χ2v) is 3.42. The first-order valence-electron chi connectivity index (χ1n) is 5.14. The van der Waals surface area contributed by atoms with E-state index in [2.05, 4.69) is 20.6 Å². The van der Waals surface area contributed by atoms with Gasteiger partial charge >= 0.3 is 6.03 Å². The van der Waals surface area contributed by atoms with Gasteiger partial charge in [0.15, 0.2) is 0 Å². The standard InChI is InChI=1S/C11H13N5O/c12-7-8-2-1-3-9(6-8)15-11(17)16-10-13-4-5-14-10/h1-6H,7,12H2,(H3,13,14,15,16,17). The van der Waals surface area contributed by atoms with Gasteiger partial charge in [-0.1, -0.05) is 12.1 Å². The number of carbonyl (C=O) groups excluding carboxylic acids is 1. The van der Waals surface area contributed by atoms with Gasteiger partial charge in [0.25, 0.3) is 0 Å². The van der Waals surface area contributed by atoms with Crippen molar-refractivity contribution >= 4 is 17.7 Å². The van der Waals surface area contributed by atoms with Gasteiger partial charge in [-0.25, -0.2) is 9.78 Å². The van der Waals surface area contributed by atoms with Gasteiger partial charge in [-0.3, -0.25) is 5.32 Å². The van der Waals surface area contributed by atoms with E-state index in [0.29, 0.717) is 18.2 Å². The number of hydrogen-bond acceptors (Lipinski definition) is 3. The number of amides is 2. The molecule has 1 aromatic carbocycles. The molecule has 17 heavy (non-hydrogen) atoms. The number of imidazole rings is 1. The van der Waals surface area contributed by atoms with Crippen LogP contribution in [-0.2, 0) is 6.54 Å². The predicted molar refractivity (Wildman–Crippen MR) is 65.6 cm³/mol. The number of aromatic nitrogens is 2. The number of rotatable bonds is 3. The topological polar surface area (TPSA) is 95.8 Å². The second-order valence-electron chi connectivity index (χ2n) is 3.42. The lowest BCUT2D eigenvalue weighted by Crippen LogP contribution is -2.20. The summed E-state index contributed by atoms with van der Waals surface area (Å²) >= 11 is 0. The summed E-state index contributed by atoms with van der Waals surface area (Å²) in [5, 5.41) is 5.25. The molecule has 6 heteroatoms. The van der Waals surface area contributed by atoms with Crippen LogP contribution in [0.15, 0.2) is 36.7 Å². The third-order valence-electron chi connectivity index (χ3n) is 2.15. The highest BCUT2D eigenvalue weighted by Crippen LogP contribution is 2.10. The van der Waals surface area contributed by atoms with Crippen molar-refractivity contribution in [2.45, 2.75) is 6.54 Å². The number of anilines is 2. The van der Waals surface area contributed by atoms with E-state index in [9.17, 15) is 4.79 Å². The molecule has 0 saturated carbocycles. The SMILES string of the molecule is NCc1cccc(NC(=O)Nc2ncc[nH]2)c1. The Morgan fingerprint density at radius 2 is 2.29 bits per heavy atom. The predicted octanol–water partition coefficient (Wildman–Crippen LogP) is 1.51. The van der Waals surface area contributed by atoms with Crippen LogP contribution < -0.4 is 16.4 Å². The summed E-state index contributed by atoms with van der Waals surface area (Å²) in [7, 11) is 0. The van der Waals surface area contributed by atoms with Crippen molar-refractivity contribution in [3.05, 3.63) is 42.2 Å². The van der Waals surface area contributed by atoms with Crippen molar-refractivity contribution in [1.29, 1.82) is 0 Å². The van der Waals surface area contributed by atoms with Crippen LogP contribution >= 0.6 is 0 Å². The van der Waals surface area contributed by atoms with Crippen LogP contribution in [0.25, 0.3) is 0 Å². The highest BCUT2D eigenvalue weighted by atomic mass is 16.2. The van der Waals surface area contributed by atoms with Crippen LogP contribution in [0.1, 0.15) is 5.56 Å². The zero-order chi connectivity index (χ0) is 12.1. The smallest absolute Gasteiger partial charge is 0.326 e. The van der Waals surface area contributed by atoms with E-state index in [1.54, 1.807) is 18.5 Å². The normalized spacial score (nSPS) is 9.94. The minimum atomic E-state index is -0.353. The van der Waals surface area contributed by atoms with E-state index in [0.717, 1.165) is 5.56 Å². The molecule has 0 spiro atoms. The lowest BCUT2D eigenvalue weighted by Gasteiger charge is -2.06. The Morgan fingerprint density at radius 3 is 3.00 bits per heavy atom. The zero-order valence-electron chi connectivity index (χ0n) is 9.10. The summed E-state index contributed by atoms with van der Waals surface area (Å²) in [5.41, 5.74) is 7.17. The molecule has 0 atom stereocenters. The molecule has 0 bridgehead atoms. The number of urea groups is 1. The Balaban J connectivity index is 1.98. The number of benzene rings is 1. The van der Waals surface area contributed by atoms with Gasteiger partial charge in [-0.15, -0.1) is 0 Å². The minimum Gasteiger partial charge on any atom is -0.331 e. The van der Waals surface area contributed by atoms with Crippen molar-refractivity contribution in [2.75, 3.05) is 10.6 Å². The molecule has 0 aliphatic rings. The number of nitrogens with one attached hydrogen (secondary N) is 3. The molecule has 1 heterocycles. The Labute approximate surface area is 98.2 Å². The largest absolute Gasteiger partial charge is 0.331 e. The van der Waals surface area contributed by atoms with Crippen LogP contribution in [0.3, 0.4) is 0 Å². The third kappa shape index (κ3) is 3.05. The molecular weight excluding hydrogens is 218 g/mol. The average molecular weight is 231 g/mol. The number of carbonyl (C=O) groups is 1. The number of nitrogens with two attached hydrogens (primary N) is 1. The summed E-state index contributed by atoms with van der Waals surface area (Å²) in [6.07, 6.45) is 3.19. The van der Waals surface area contributed by atoms with Gasteiger partial charge in [0.1, 0.15) is 0 Å². The van der Waals surface area contributed by atoms with E-state index in [1.165, 1.54) is 0 Å². The van der Waals surface area contributed by atoms with Gasteiger partial charge in [0, 0.05) is 24.6 Å². The minimum absolute atomic E-state index is 0.353. The quantitative estimate of drug-likeness (QED) is 0.644. The zero-order valence-corrected chi connectivity index (χ0v) is 9.10. The molecule has 0 aliphatic heterocycles. The molecule has 0 radical (unpaired) electrons. The fraction of sp³-hybridized carbons (Fsp3) is 0.0909. The Morgan fingerprint density at radius 1 is 1.41 bits per heavy atom. The lowest BCUT2D eigenvalue weighted by atomic mass is 10.2. The van der Waals surface area contributed by atoms with Crippen LogP contribution in [0, 0.1) is 0 Å². The van der Waals surface area contributed by atoms with Gasteiger partial charge in [0.2, 0.25) is 5.95 Å². The lowest BCUT2D eigenvalue weighted by molar-refractivity contribution is 0.262. The van der Waals surface area contributed by atoms with Gasteiger partial charge in [-0.2, -0.15) is 0 Å². The first-order valence-corrected chi connectivity index (χ1v) is 5.14. The first-order chi connectivity index (χ1) is 8.28. The molecule has 6 nitrogen and oxygen atoms in total. The van der Waals surface area contributed by atoms with E-state index in [4.69, 9.17) is 5.73 Å². The molecule has 0 aliphatic carbocycles. The van der Waals surface area contributed by atoms with Crippen LogP contribution in [-0.4, -0.2) is 16.0 Å². The number of aromatic amines is 1. The van der Waals surface area contributed by atoms with Crippen LogP contribution in [0.4, 0.5) is 16.4 Å². The van der Waals surface area contributed by atoms with Crippen molar-refractivity contribution < 1.29 is 4.79 Å². The second kappa shape index (κ2) is 5.13. The molecule has 5 N–H and O–H groups in total. The summed E-state index contributed by atoms with van der Waals surface area (Å²) in [6.45, 7) is 0.440. The molecule has 2 aromatic rings. The molecule has 1 aromatic heterocycles. The van der Waals surface area contributed by atoms with Gasteiger partial charge in [0.05, 0.1) is 0 Å². The molecule has 0 saturated heterocycles. The van der Waals surface area contributed by atoms with E-state index in [-0.39, 0.29) is 6.03 Å². The maximum Gasteiger partial charge on any atom is 0.326 e. The van der Waals surface area contributed by atoms with Crippen molar-refractivity contribution in [3.63, 3.8) is 0 Å². The van der Waals surface area contributed by atoms with Crippen molar-refractivity contribution in [1.82, 2.24) is 9.97 Å². The first kappa shape index (κ1) is 11.2. The molecule has 2 rings (SSSR count). The van der Waals surface area contributed by atoms with E-state index < -0.39 is 0 Å². The molecular formula is C11H13N5O. The van der Waals surface area contributed by atoms with Gasteiger partial charge < -0.3 is 16.0 Å². The highest BCUT2D eigenvalue weighted by Gasteiger charge is 2.03. The summed E-state index contributed by atoms with van der Waals surface area (Å²) in [4.78, 5) is 18.2. The monoisotopic (exact) mass is 231 g/mol. The van der Waals surface area contributed by atoms with Crippen molar-refractivity contribution in [2.24, 2.45) is 5.73 Å². The number of hydrogen-bond donors (Lipinski definition) is 4. The molecule has 2 amide bonds. The van der Waals surface area contributed by atoms with Gasteiger partial charge in [-0.05, 0) is 17.7 Å². The number of nitrogens with zero attached hydrogens (tertiary/aromatic N) is 1. The summed E-state index contributed by atoms with van der Waals surface area (Å²) in [5.74, 6) is 0.400. The molecule has 88 valence electrons. The number of H-pyrrole nitrogens is 1. The fourth-order valence-corrected chi connectivity index (χ4v) is 1.38. The maximum atomic E-state index is 11.6. The Kier molecular flexibility index (Phi) is 3.37. The van der Waals surface area contributed by atoms with Crippen LogP contribution in [0.5, 0.6) is 0 Å². The average Bonchev–Trinajstić information content (AvgIpc) is 2.82. The Hall–Kier alpha value is -2.34. The molecule has 0 fully saturated rings. The van der Waals surface area contributed by atoms with Crippen LogP contribution in [0.2, 0.25) is 0 Å². The maximum absolute atomic E-state index is 11.6. The molecule has 0 unspecified atom stereocenters. The summed E-state index contributed by atoms with van der Waals surface area (Å²) in [6, 6.07) is 7.00. The van der Waals surface area contributed by atoms with E-state index >= 15 is 0 Å². The fourth-order valence-electron chi connectivity index (χ4n) is 1.38.